The zero-order chi connectivity index (χ0) is 14.7. The van der Waals surface area contributed by atoms with Gasteiger partial charge >= 0.3 is 0 Å². The Kier molecular flexibility index (Phi) is 4.42. The van der Waals surface area contributed by atoms with Crippen molar-refractivity contribution in [3.63, 3.8) is 0 Å². The van der Waals surface area contributed by atoms with E-state index in [1.165, 1.54) is 0 Å². The Bertz CT molecular complexity index is 513. The maximum Gasteiger partial charge on any atom is 0.229 e. The van der Waals surface area contributed by atoms with E-state index in [-0.39, 0.29) is 23.8 Å². The molecule has 4 nitrogen and oxygen atoms in total. The van der Waals surface area contributed by atoms with Crippen molar-refractivity contribution in [2.45, 2.75) is 39.7 Å². The van der Waals surface area contributed by atoms with Crippen molar-refractivity contribution in [3.8, 4) is 0 Å². The number of nitrogens with zero attached hydrogens (tertiary/aromatic N) is 1. The molecule has 108 valence electrons. The van der Waals surface area contributed by atoms with E-state index in [0.717, 1.165) is 17.7 Å². The molecule has 0 aliphatic carbocycles. The SMILES string of the molecule is CCC(C)N1CC(C(=O)Nc2ccccc2C)CC1=O. The Hall–Kier alpha value is -1.84. The van der Waals surface area contributed by atoms with Gasteiger partial charge in [-0.15, -0.1) is 0 Å². The lowest BCUT2D eigenvalue weighted by atomic mass is 10.1. The second kappa shape index (κ2) is 6.07. The summed E-state index contributed by atoms with van der Waals surface area (Å²) in [5, 5.41) is 2.93. The third-order valence-corrected chi connectivity index (χ3v) is 4.06. The van der Waals surface area contributed by atoms with E-state index in [2.05, 4.69) is 12.2 Å². The molecule has 1 aromatic carbocycles. The first-order chi connectivity index (χ1) is 9.52. The number of benzene rings is 1. The number of anilines is 1. The second-order valence-electron chi connectivity index (χ2n) is 5.51. The molecule has 20 heavy (non-hydrogen) atoms. The summed E-state index contributed by atoms with van der Waals surface area (Å²) in [6.45, 7) is 6.57. The minimum atomic E-state index is -0.240. The van der Waals surface area contributed by atoms with Crippen LogP contribution < -0.4 is 5.32 Å². The Morgan fingerprint density at radius 1 is 1.45 bits per heavy atom. The predicted octanol–water partition coefficient (Wildman–Crippen LogP) is 2.58. The first-order valence-electron chi connectivity index (χ1n) is 7.19. The summed E-state index contributed by atoms with van der Waals surface area (Å²) in [7, 11) is 0. The number of nitrogens with one attached hydrogen (secondary N) is 1. The highest BCUT2D eigenvalue weighted by molar-refractivity contribution is 5.97. The van der Waals surface area contributed by atoms with Crippen LogP contribution in [0.1, 0.15) is 32.3 Å². The fourth-order valence-electron chi connectivity index (χ4n) is 2.50. The number of rotatable bonds is 4. The Morgan fingerprint density at radius 3 is 2.80 bits per heavy atom. The second-order valence-corrected chi connectivity index (χ2v) is 5.51. The van der Waals surface area contributed by atoms with E-state index in [9.17, 15) is 9.59 Å². The molecule has 2 unspecified atom stereocenters. The van der Waals surface area contributed by atoms with Crippen molar-refractivity contribution in [1.82, 2.24) is 4.90 Å². The van der Waals surface area contributed by atoms with Gasteiger partial charge < -0.3 is 10.2 Å². The van der Waals surface area contributed by atoms with Crippen molar-refractivity contribution in [3.05, 3.63) is 29.8 Å². The normalized spacial score (nSPS) is 20.1. The molecular formula is C16H22N2O2. The average molecular weight is 274 g/mol. The zero-order valence-electron chi connectivity index (χ0n) is 12.3. The summed E-state index contributed by atoms with van der Waals surface area (Å²) in [5.74, 6) is -0.209. The summed E-state index contributed by atoms with van der Waals surface area (Å²) in [6.07, 6.45) is 1.24. The van der Waals surface area contributed by atoms with Gasteiger partial charge in [-0.3, -0.25) is 9.59 Å². The molecule has 1 aliphatic heterocycles. The molecule has 0 spiro atoms. The van der Waals surface area contributed by atoms with Crippen LogP contribution in [0.15, 0.2) is 24.3 Å². The monoisotopic (exact) mass is 274 g/mol. The molecule has 1 aromatic rings. The molecule has 1 N–H and O–H groups in total. The zero-order valence-corrected chi connectivity index (χ0v) is 12.3. The highest BCUT2D eigenvalue weighted by Gasteiger charge is 2.36. The fraction of sp³-hybridized carbons (Fsp3) is 0.500. The summed E-state index contributed by atoms with van der Waals surface area (Å²) < 4.78 is 0. The molecule has 0 radical (unpaired) electrons. The maximum absolute atomic E-state index is 12.3. The minimum absolute atomic E-state index is 0.0570. The first-order valence-corrected chi connectivity index (χ1v) is 7.19. The predicted molar refractivity (Wildman–Crippen MR) is 79.4 cm³/mol. The minimum Gasteiger partial charge on any atom is -0.339 e. The summed E-state index contributed by atoms with van der Waals surface area (Å²) >= 11 is 0. The number of carbonyl (C=O) groups excluding carboxylic acids is 2. The van der Waals surface area contributed by atoms with Crippen molar-refractivity contribution >= 4 is 17.5 Å². The van der Waals surface area contributed by atoms with Gasteiger partial charge in [-0.2, -0.15) is 0 Å². The Labute approximate surface area is 120 Å². The smallest absolute Gasteiger partial charge is 0.229 e. The molecule has 4 heteroatoms. The first kappa shape index (κ1) is 14.6. The van der Waals surface area contributed by atoms with Gasteiger partial charge in [0.2, 0.25) is 11.8 Å². The van der Waals surface area contributed by atoms with Gasteiger partial charge in [0.25, 0.3) is 0 Å². The van der Waals surface area contributed by atoms with Gasteiger partial charge in [0.15, 0.2) is 0 Å². The van der Waals surface area contributed by atoms with Gasteiger partial charge in [-0.05, 0) is 31.9 Å². The van der Waals surface area contributed by atoms with E-state index >= 15 is 0 Å². The van der Waals surface area contributed by atoms with Gasteiger partial charge in [-0.25, -0.2) is 0 Å². The largest absolute Gasteiger partial charge is 0.339 e. The van der Waals surface area contributed by atoms with Crippen LogP contribution in [0.5, 0.6) is 0 Å². The van der Waals surface area contributed by atoms with Crippen LogP contribution in [0.2, 0.25) is 0 Å². The molecule has 2 amide bonds. The molecular weight excluding hydrogens is 252 g/mol. The summed E-state index contributed by atoms with van der Waals surface area (Å²) in [6, 6.07) is 7.89. The van der Waals surface area contributed by atoms with Crippen LogP contribution in [-0.4, -0.2) is 29.3 Å². The standard InChI is InChI=1S/C16H22N2O2/c1-4-12(3)18-10-13(9-15(18)19)16(20)17-14-8-6-5-7-11(14)2/h5-8,12-13H,4,9-10H2,1-3H3,(H,17,20). The molecule has 0 aromatic heterocycles. The van der Waals surface area contributed by atoms with Crippen LogP contribution in [-0.2, 0) is 9.59 Å². The molecule has 1 saturated heterocycles. The number of likely N-dealkylation sites (tertiary alicyclic amines) is 1. The van der Waals surface area contributed by atoms with Crippen molar-refractivity contribution in [1.29, 1.82) is 0 Å². The summed E-state index contributed by atoms with van der Waals surface area (Å²) in [4.78, 5) is 26.1. The lowest BCUT2D eigenvalue weighted by Crippen LogP contribution is -2.35. The van der Waals surface area contributed by atoms with Crippen molar-refractivity contribution in [2.24, 2.45) is 5.92 Å². The quantitative estimate of drug-likeness (QED) is 0.917. The highest BCUT2D eigenvalue weighted by atomic mass is 16.2. The van der Waals surface area contributed by atoms with Crippen LogP contribution in [0.4, 0.5) is 5.69 Å². The molecule has 0 bridgehead atoms. The van der Waals surface area contributed by atoms with Gasteiger partial charge in [0.1, 0.15) is 0 Å². The number of hydrogen-bond donors (Lipinski definition) is 1. The molecule has 2 rings (SSSR count). The maximum atomic E-state index is 12.3. The third-order valence-electron chi connectivity index (χ3n) is 4.06. The van der Waals surface area contributed by atoms with E-state index in [1.54, 1.807) is 0 Å². The molecule has 1 heterocycles. The lowest BCUT2D eigenvalue weighted by molar-refractivity contribution is -0.129. The number of aryl methyl sites for hydroxylation is 1. The van der Waals surface area contributed by atoms with Crippen LogP contribution in [0, 0.1) is 12.8 Å². The Morgan fingerprint density at radius 2 is 2.15 bits per heavy atom. The van der Waals surface area contributed by atoms with Crippen LogP contribution >= 0.6 is 0 Å². The van der Waals surface area contributed by atoms with Crippen molar-refractivity contribution < 1.29 is 9.59 Å². The summed E-state index contributed by atoms with van der Waals surface area (Å²) in [5.41, 5.74) is 1.86. The van der Waals surface area contributed by atoms with E-state index < -0.39 is 0 Å². The molecule has 1 fully saturated rings. The number of amides is 2. The molecule has 1 aliphatic rings. The van der Waals surface area contributed by atoms with Gasteiger partial charge in [0, 0.05) is 24.7 Å². The van der Waals surface area contributed by atoms with E-state index in [1.807, 2.05) is 43.0 Å². The van der Waals surface area contributed by atoms with Crippen molar-refractivity contribution in [2.75, 3.05) is 11.9 Å². The number of para-hydroxylation sites is 1. The lowest BCUT2D eigenvalue weighted by Gasteiger charge is -2.23. The number of carbonyl (C=O) groups is 2. The highest BCUT2D eigenvalue weighted by Crippen LogP contribution is 2.23. The van der Waals surface area contributed by atoms with Crippen LogP contribution in [0.25, 0.3) is 0 Å². The third kappa shape index (κ3) is 3.00. The average Bonchev–Trinajstić information content (AvgIpc) is 2.82. The fourth-order valence-corrected chi connectivity index (χ4v) is 2.50. The Balaban J connectivity index is 2.01. The molecule has 0 saturated carbocycles. The van der Waals surface area contributed by atoms with Gasteiger partial charge in [-0.1, -0.05) is 25.1 Å². The van der Waals surface area contributed by atoms with E-state index in [0.29, 0.717) is 13.0 Å². The molecule has 2 atom stereocenters. The van der Waals surface area contributed by atoms with Crippen LogP contribution in [0.3, 0.4) is 0 Å². The van der Waals surface area contributed by atoms with Gasteiger partial charge in [0.05, 0.1) is 5.92 Å². The topological polar surface area (TPSA) is 49.4 Å². The number of hydrogen-bond acceptors (Lipinski definition) is 2. The van der Waals surface area contributed by atoms with E-state index in [4.69, 9.17) is 0 Å².